The molecule has 1 fully saturated rings. The topological polar surface area (TPSA) is 221 Å². The molecule has 3 amide bonds. The van der Waals surface area contributed by atoms with Gasteiger partial charge in [-0.1, -0.05) is 26.0 Å². The van der Waals surface area contributed by atoms with E-state index in [2.05, 4.69) is 26.3 Å². The van der Waals surface area contributed by atoms with Crippen LogP contribution in [-0.2, 0) is 25.6 Å². The van der Waals surface area contributed by atoms with E-state index in [0.717, 1.165) is 13.0 Å². The molecule has 13 heteroatoms. The molecule has 0 saturated carbocycles. The summed E-state index contributed by atoms with van der Waals surface area (Å²) in [6, 6.07) is 2.42. The van der Waals surface area contributed by atoms with Gasteiger partial charge in [-0.3, -0.25) is 19.4 Å². The molecular weight excluding hydrogens is 494 g/mol. The Morgan fingerprint density at radius 2 is 1.71 bits per heavy atom. The Morgan fingerprint density at radius 1 is 1.05 bits per heavy atom. The fraction of sp³-hybridized carbons (Fsp3) is 0.560. The first-order valence-corrected chi connectivity index (χ1v) is 12.7. The number of nitrogens with zero attached hydrogens (tertiary/aromatic N) is 1. The van der Waals surface area contributed by atoms with Gasteiger partial charge in [0.2, 0.25) is 17.7 Å². The number of carbonyl (C=O) groups excluding carboxylic acids is 3. The molecule has 2 rings (SSSR count). The van der Waals surface area contributed by atoms with E-state index in [1.807, 2.05) is 0 Å². The van der Waals surface area contributed by atoms with Gasteiger partial charge in [0.1, 0.15) is 23.9 Å². The zero-order valence-electron chi connectivity index (χ0n) is 21.8. The lowest BCUT2D eigenvalue weighted by molar-refractivity contribution is -0.142. The molecule has 10 N–H and O–H groups in total. The van der Waals surface area contributed by atoms with E-state index in [1.54, 1.807) is 26.0 Å². The quantitative estimate of drug-likeness (QED) is 0.0827. The predicted molar refractivity (Wildman–Crippen MR) is 141 cm³/mol. The van der Waals surface area contributed by atoms with E-state index in [0.29, 0.717) is 18.4 Å². The SMILES string of the molecule is CC(C)C(NC(=O)C1CCCN1)C(=O)NC(Cc1ccc(O)cc1)C(=O)NC(CCCN=C(N)N)C(=O)O. The standard InChI is InChI=1S/C25H39N7O6/c1-14(2)20(32-21(34)17-5-3-11-28-17)23(36)31-19(13-15-7-9-16(33)10-8-15)22(35)30-18(24(37)38)6-4-12-29-25(26)27/h7-10,14,17-20,28,33H,3-6,11-13H2,1-2H3,(H,30,35)(H,31,36)(H,32,34)(H,37,38)(H4,26,27,29). The minimum atomic E-state index is -1.24. The minimum Gasteiger partial charge on any atom is -0.508 e. The van der Waals surface area contributed by atoms with E-state index in [-0.39, 0.29) is 49.0 Å². The molecule has 13 nitrogen and oxygen atoms in total. The number of carbonyl (C=O) groups is 4. The number of rotatable bonds is 14. The number of hydrogen-bond donors (Lipinski definition) is 8. The molecule has 1 saturated heterocycles. The first-order valence-electron chi connectivity index (χ1n) is 12.7. The van der Waals surface area contributed by atoms with Crippen LogP contribution < -0.4 is 32.7 Å². The zero-order valence-corrected chi connectivity index (χ0v) is 21.8. The van der Waals surface area contributed by atoms with Gasteiger partial charge in [0.15, 0.2) is 5.96 Å². The van der Waals surface area contributed by atoms with Gasteiger partial charge in [-0.2, -0.15) is 0 Å². The fourth-order valence-corrected chi connectivity index (χ4v) is 4.07. The summed E-state index contributed by atoms with van der Waals surface area (Å²) >= 11 is 0. The van der Waals surface area contributed by atoms with Crippen molar-refractivity contribution < 1.29 is 29.4 Å². The van der Waals surface area contributed by atoms with Gasteiger partial charge in [-0.15, -0.1) is 0 Å². The molecule has 0 bridgehead atoms. The third kappa shape index (κ3) is 9.88. The third-order valence-electron chi connectivity index (χ3n) is 6.19. The van der Waals surface area contributed by atoms with Crippen LogP contribution in [0.5, 0.6) is 5.75 Å². The van der Waals surface area contributed by atoms with E-state index in [4.69, 9.17) is 11.5 Å². The molecule has 1 aromatic carbocycles. The van der Waals surface area contributed by atoms with Crippen LogP contribution in [0.15, 0.2) is 29.3 Å². The number of carboxylic acids is 1. The summed E-state index contributed by atoms with van der Waals surface area (Å²) < 4.78 is 0. The first kappa shape index (κ1) is 30.4. The lowest BCUT2D eigenvalue weighted by Crippen LogP contribution is -2.58. The average Bonchev–Trinajstić information content (AvgIpc) is 3.39. The zero-order chi connectivity index (χ0) is 28.2. The van der Waals surface area contributed by atoms with Crippen LogP contribution in [0.2, 0.25) is 0 Å². The summed E-state index contributed by atoms with van der Waals surface area (Å²) in [4.78, 5) is 54.7. The molecule has 1 aliphatic heterocycles. The Bertz CT molecular complexity index is 988. The number of hydrogen-bond acceptors (Lipinski definition) is 7. The Hall–Kier alpha value is -3.87. The monoisotopic (exact) mass is 533 g/mol. The number of phenolic OH excluding ortho intramolecular Hbond substituents is 1. The highest BCUT2D eigenvalue weighted by Gasteiger charge is 2.32. The molecule has 0 aromatic heterocycles. The highest BCUT2D eigenvalue weighted by molar-refractivity contribution is 5.94. The molecule has 1 aromatic rings. The number of aromatic hydroxyl groups is 1. The average molecular weight is 534 g/mol. The normalized spacial score (nSPS) is 17.2. The van der Waals surface area contributed by atoms with Crippen molar-refractivity contribution in [2.24, 2.45) is 22.4 Å². The van der Waals surface area contributed by atoms with Crippen molar-refractivity contribution in [3.63, 3.8) is 0 Å². The lowest BCUT2D eigenvalue weighted by Gasteiger charge is -2.27. The molecule has 0 radical (unpaired) electrons. The number of aliphatic imine (C=N–C) groups is 1. The molecule has 4 atom stereocenters. The minimum absolute atomic E-state index is 0.0289. The Kier molecular flexibility index (Phi) is 11.8. The van der Waals surface area contributed by atoms with Gasteiger partial charge >= 0.3 is 5.97 Å². The van der Waals surface area contributed by atoms with Crippen LogP contribution in [-0.4, -0.2) is 77.1 Å². The molecule has 0 aliphatic carbocycles. The summed E-state index contributed by atoms with van der Waals surface area (Å²) in [5, 5.41) is 30.2. The maximum Gasteiger partial charge on any atom is 0.326 e. The van der Waals surface area contributed by atoms with Crippen molar-refractivity contribution in [2.45, 2.75) is 70.1 Å². The number of aliphatic carboxylic acids is 1. The van der Waals surface area contributed by atoms with Crippen molar-refractivity contribution in [3.8, 4) is 5.75 Å². The van der Waals surface area contributed by atoms with Crippen molar-refractivity contribution >= 4 is 29.7 Å². The Morgan fingerprint density at radius 3 is 2.26 bits per heavy atom. The van der Waals surface area contributed by atoms with Gasteiger partial charge in [-0.05, 0) is 55.8 Å². The maximum absolute atomic E-state index is 13.3. The molecule has 0 spiro atoms. The van der Waals surface area contributed by atoms with Gasteiger partial charge in [0.25, 0.3) is 0 Å². The first-order chi connectivity index (χ1) is 18.0. The fourth-order valence-electron chi connectivity index (χ4n) is 4.07. The van der Waals surface area contributed by atoms with Crippen LogP contribution in [0.4, 0.5) is 0 Å². The molecule has 4 unspecified atom stereocenters. The van der Waals surface area contributed by atoms with Crippen molar-refractivity contribution in [3.05, 3.63) is 29.8 Å². The summed E-state index contributed by atoms with van der Waals surface area (Å²) in [6.07, 6.45) is 1.94. The largest absolute Gasteiger partial charge is 0.508 e. The van der Waals surface area contributed by atoms with E-state index in [9.17, 15) is 29.4 Å². The molecule has 1 heterocycles. The van der Waals surface area contributed by atoms with Gasteiger partial charge in [0, 0.05) is 13.0 Å². The van der Waals surface area contributed by atoms with Gasteiger partial charge in [-0.25, -0.2) is 4.79 Å². The number of nitrogens with two attached hydrogens (primary N) is 2. The van der Waals surface area contributed by atoms with Crippen LogP contribution >= 0.6 is 0 Å². The van der Waals surface area contributed by atoms with Gasteiger partial charge in [0.05, 0.1) is 6.04 Å². The number of amides is 3. The number of benzene rings is 1. The van der Waals surface area contributed by atoms with Crippen molar-refractivity contribution in [1.29, 1.82) is 0 Å². The number of carboxylic acid groups (broad SMARTS) is 1. The second kappa shape index (κ2) is 14.8. The Labute approximate surface area is 221 Å². The summed E-state index contributed by atoms with van der Waals surface area (Å²) in [6.45, 7) is 4.47. The number of guanidine groups is 1. The summed E-state index contributed by atoms with van der Waals surface area (Å²) in [5.74, 6) is -3.16. The van der Waals surface area contributed by atoms with Crippen LogP contribution in [0.3, 0.4) is 0 Å². The molecule has 1 aliphatic rings. The maximum atomic E-state index is 13.3. The number of nitrogens with one attached hydrogen (secondary N) is 4. The van der Waals surface area contributed by atoms with Crippen LogP contribution in [0.25, 0.3) is 0 Å². The predicted octanol–water partition coefficient (Wildman–Crippen LogP) is -1.06. The number of phenols is 1. The molecular formula is C25H39N7O6. The third-order valence-corrected chi connectivity index (χ3v) is 6.19. The Balaban J connectivity index is 2.17. The smallest absolute Gasteiger partial charge is 0.326 e. The van der Waals surface area contributed by atoms with E-state index < -0.39 is 35.9 Å². The van der Waals surface area contributed by atoms with E-state index in [1.165, 1.54) is 12.1 Å². The highest BCUT2D eigenvalue weighted by Crippen LogP contribution is 2.13. The summed E-state index contributed by atoms with van der Waals surface area (Å²) in [5.41, 5.74) is 11.2. The molecule has 210 valence electrons. The second-order valence-corrected chi connectivity index (χ2v) is 9.66. The second-order valence-electron chi connectivity index (χ2n) is 9.66. The molecule has 38 heavy (non-hydrogen) atoms. The van der Waals surface area contributed by atoms with Crippen LogP contribution in [0, 0.1) is 5.92 Å². The highest BCUT2D eigenvalue weighted by atomic mass is 16.4. The lowest BCUT2D eigenvalue weighted by atomic mass is 10.00. The van der Waals surface area contributed by atoms with Crippen LogP contribution in [0.1, 0.15) is 45.1 Å². The van der Waals surface area contributed by atoms with Crippen molar-refractivity contribution in [2.75, 3.05) is 13.1 Å². The van der Waals surface area contributed by atoms with Gasteiger partial charge < -0.3 is 42.9 Å². The van der Waals surface area contributed by atoms with E-state index >= 15 is 0 Å². The summed E-state index contributed by atoms with van der Waals surface area (Å²) in [7, 11) is 0. The van der Waals surface area contributed by atoms with Crippen molar-refractivity contribution in [1.82, 2.24) is 21.3 Å².